The molecule has 0 saturated carbocycles. The quantitative estimate of drug-likeness (QED) is 0.569. The summed E-state index contributed by atoms with van der Waals surface area (Å²) in [5.41, 5.74) is 0. The molecular weight excluding hydrogens is 319 g/mol. The van der Waals surface area contributed by atoms with E-state index < -0.39 is 7.82 Å². The number of rotatable bonds is 5. The zero-order valence-corrected chi connectivity index (χ0v) is 12.6. The molecule has 0 radical (unpaired) electrons. The van der Waals surface area contributed by atoms with Crippen LogP contribution in [-0.2, 0) is 4.57 Å². The molecule has 2 aromatic rings. The maximum absolute atomic E-state index is 10.9. The van der Waals surface area contributed by atoms with E-state index in [0.717, 1.165) is 0 Å². The zero-order valence-electron chi connectivity index (χ0n) is 10.0. The van der Waals surface area contributed by atoms with Crippen LogP contribution in [0.5, 0.6) is 11.5 Å². The normalized spacial score (nSPS) is 11.3. The van der Waals surface area contributed by atoms with Crippen molar-refractivity contribution in [3.8, 4) is 11.5 Å². The molecule has 0 unspecified atom stereocenters. The Bertz CT molecular complexity index is 643. The molecule has 0 aliphatic heterocycles. The van der Waals surface area contributed by atoms with Gasteiger partial charge in [-0.3, -0.25) is 9.79 Å². The number of phosphoric ester groups is 1. The van der Waals surface area contributed by atoms with Crippen LogP contribution in [0.2, 0.25) is 0 Å². The standard InChI is InChI=1S/C12H11O5PS2/c13-9-5-1-3-7-11(9)19-20-12-8-4-2-6-10(12)17-18(14,15)16/h1-8,13H,(H2,14,15,16). The van der Waals surface area contributed by atoms with Gasteiger partial charge in [0.05, 0.1) is 9.79 Å². The summed E-state index contributed by atoms with van der Waals surface area (Å²) in [4.78, 5) is 18.9. The van der Waals surface area contributed by atoms with Crippen LogP contribution < -0.4 is 4.52 Å². The SMILES string of the molecule is O=P(O)(O)Oc1ccccc1SSc1ccccc1O. The fourth-order valence-electron chi connectivity index (χ4n) is 1.34. The average Bonchev–Trinajstić information content (AvgIpc) is 2.37. The monoisotopic (exact) mass is 330 g/mol. The van der Waals surface area contributed by atoms with Gasteiger partial charge < -0.3 is 9.63 Å². The van der Waals surface area contributed by atoms with E-state index in [-0.39, 0.29) is 11.5 Å². The molecule has 106 valence electrons. The largest absolute Gasteiger partial charge is 0.524 e. The lowest BCUT2D eigenvalue weighted by atomic mass is 10.3. The van der Waals surface area contributed by atoms with Crippen molar-refractivity contribution in [3.05, 3.63) is 48.5 Å². The molecule has 20 heavy (non-hydrogen) atoms. The highest BCUT2D eigenvalue weighted by molar-refractivity contribution is 8.76. The molecule has 0 aromatic heterocycles. The van der Waals surface area contributed by atoms with Crippen LogP contribution in [0, 0.1) is 0 Å². The Kier molecular flexibility index (Phi) is 5.01. The minimum absolute atomic E-state index is 0.105. The van der Waals surface area contributed by atoms with Crippen molar-refractivity contribution in [2.75, 3.05) is 0 Å². The molecule has 0 fully saturated rings. The highest BCUT2D eigenvalue weighted by Crippen LogP contribution is 2.47. The number of benzene rings is 2. The number of hydrogen-bond acceptors (Lipinski definition) is 5. The maximum Gasteiger partial charge on any atom is 0.524 e. The number of phenols is 1. The van der Waals surface area contributed by atoms with Crippen LogP contribution >= 0.6 is 29.4 Å². The number of phosphoric acid groups is 1. The zero-order chi connectivity index (χ0) is 14.6. The van der Waals surface area contributed by atoms with E-state index in [4.69, 9.17) is 9.79 Å². The second-order valence-corrected chi connectivity index (χ2v) is 7.04. The predicted molar refractivity (Wildman–Crippen MR) is 78.9 cm³/mol. The summed E-state index contributed by atoms with van der Waals surface area (Å²) < 4.78 is 15.5. The Morgan fingerprint density at radius 3 is 2.10 bits per heavy atom. The van der Waals surface area contributed by atoms with Gasteiger partial charge >= 0.3 is 7.82 Å². The first kappa shape index (κ1) is 15.3. The number of aromatic hydroxyl groups is 1. The summed E-state index contributed by atoms with van der Waals surface area (Å²) >= 11 is 0. The Hall–Kier alpha value is -1.11. The van der Waals surface area contributed by atoms with Crippen LogP contribution in [0.3, 0.4) is 0 Å². The average molecular weight is 330 g/mol. The molecule has 0 bridgehead atoms. The highest BCUT2D eigenvalue weighted by Gasteiger charge is 2.18. The first-order valence-corrected chi connectivity index (χ1v) is 9.10. The van der Waals surface area contributed by atoms with Crippen molar-refractivity contribution >= 4 is 29.4 Å². The van der Waals surface area contributed by atoms with Gasteiger partial charge in [0.1, 0.15) is 11.5 Å². The van der Waals surface area contributed by atoms with Crippen LogP contribution in [0.1, 0.15) is 0 Å². The molecule has 0 atom stereocenters. The van der Waals surface area contributed by atoms with Gasteiger partial charge in [-0.25, -0.2) is 4.57 Å². The second kappa shape index (κ2) is 6.56. The third-order valence-electron chi connectivity index (χ3n) is 2.15. The molecule has 0 aliphatic carbocycles. The molecule has 0 heterocycles. The minimum Gasteiger partial charge on any atom is -0.507 e. The summed E-state index contributed by atoms with van der Waals surface area (Å²) in [5.74, 6) is 0.257. The van der Waals surface area contributed by atoms with Gasteiger partial charge in [0.15, 0.2) is 0 Å². The van der Waals surface area contributed by atoms with E-state index in [1.165, 1.54) is 27.7 Å². The first-order chi connectivity index (χ1) is 9.46. The van der Waals surface area contributed by atoms with Crippen LogP contribution in [-0.4, -0.2) is 14.9 Å². The van der Waals surface area contributed by atoms with Crippen LogP contribution in [0.4, 0.5) is 0 Å². The Morgan fingerprint density at radius 2 is 1.45 bits per heavy atom. The van der Waals surface area contributed by atoms with Crippen molar-refractivity contribution < 1.29 is 24.0 Å². The second-order valence-electron chi connectivity index (χ2n) is 3.66. The molecule has 2 aromatic carbocycles. The van der Waals surface area contributed by atoms with E-state index in [9.17, 15) is 9.67 Å². The Balaban J connectivity index is 2.14. The lowest BCUT2D eigenvalue weighted by molar-refractivity contribution is 0.281. The molecular formula is C12H11O5PS2. The summed E-state index contributed by atoms with van der Waals surface area (Å²) in [6, 6.07) is 13.4. The van der Waals surface area contributed by atoms with Crippen molar-refractivity contribution in [2.24, 2.45) is 0 Å². The van der Waals surface area contributed by atoms with Crippen molar-refractivity contribution in [1.82, 2.24) is 0 Å². The number of hydrogen-bond donors (Lipinski definition) is 3. The van der Waals surface area contributed by atoms with E-state index in [2.05, 4.69) is 4.52 Å². The van der Waals surface area contributed by atoms with Gasteiger partial charge in [-0.15, -0.1) is 0 Å². The van der Waals surface area contributed by atoms with E-state index in [1.54, 1.807) is 42.5 Å². The summed E-state index contributed by atoms with van der Waals surface area (Å²) in [5, 5.41) is 9.65. The number of para-hydroxylation sites is 2. The van der Waals surface area contributed by atoms with Gasteiger partial charge in [0.2, 0.25) is 0 Å². The lowest BCUT2D eigenvalue weighted by Crippen LogP contribution is -1.91. The third kappa shape index (κ3) is 4.47. The van der Waals surface area contributed by atoms with Gasteiger partial charge in [-0.2, -0.15) is 0 Å². The van der Waals surface area contributed by atoms with E-state index >= 15 is 0 Å². The van der Waals surface area contributed by atoms with Gasteiger partial charge in [0, 0.05) is 0 Å². The number of phenolic OH excluding ortho intramolecular Hbond substituents is 1. The summed E-state index contributed by atoms with van der Waals surface area (Å²) in [6.45, 7) is 0. The molecule has 0 amide bonds. The topological polar surface area (TPSA) is 87.0 Å². The molecule has 5 nitrogen and oxygen atoms in total. The first-order valence-electron chi connectivity index (χ1n) is 5.42. The smallest absolute Gasteiger partial charge is 0.507 e. The summed E-state index contributed by atoms with van der Waals surface area (Å²) in [6.07, 6.45) is 0. The van der Waals surface area contributed by atoms with Gasteiger partial charge in [-0.1, -0.05) is 24.3 Å². The van der Waals surface area contributed by atoms with Crippen molar-refractivity contribution in [2.45, 2.75) is 9.79 Å². The summed E-state index contributed by atoms with van der Waals surface area (Å²) in [7, 11) is -2.07. The fourth-order valence-corrected chi connectivity index (χ4v) is 3.98. The van der Waals surface area contributed by atoms with Gasteiger partial charge in [0.25, 0.3) is 0 Å². The highest BCUT2D eigenvalue weighted by atomic mass is 33.1. The maximum atomic E-state index is 10.9. The van der Waals surface area contributed by atoms with E-state index in [0.29, 0.717) is 9.79 Å². The van der Waals surface area contributed by atoms with Crippen LogP contribution in [0.25, 0.3) is 0 Å². The Morgan fingerprint density at radius 1 is 0.900 bits per heavy atom. The lowest BCUT2D eigenvalue weighted by Gasteiger charge is -2.11. The van der Waals surface area contributed by atoms with Crippen molar-refractivity contribution in [3.63, 3.8) is 0 Å². The van der Waals surface area contributed by atoms with Crippen molar-refractivity contribution in [1.29, 1.82) is 0 Å². The molecule has 8 heteroatoms. The molecule has 3 N–H and O–H groups in total. The Labute approximate surface area is 123 Å². The molecule has 2 rings (SSSR count). The molecule has 0 aliphatic rings. The third-order valence-corrected chi connectivity index (χ3v) is 5.04. The minimum atomic E-state index is -4.59. The fraction of sp³-hybridized carbons (Fsp3) is 0. The van der Waals surface area contributed by atoms with Gasteiger partial charge in [-0.05, 0) is 45.9 Å². The van der Waals surface area contributed by atoms with Crippen LogP contribution in [0.15, 0.2) is 58.3 Å². The molecule has 0 spiro atoms. The predicted octanol–water partition coefficient (Wildman–Crippen LogP) is 3.66. The van der Waals surface area contributed by atoms with E-state index in [1.807, 2.05) is 0 Å². The molecule has 0 saturated heterocycles.